The summed E-state index contributed by atoms with van der Waals surface area (Å²) < 4.78 is 44.6. The molecule has 0 bridgehead atoms. The Labute approximate surface area is 155 Å². The fourth-order valence-corrected chi connectivity index (χ4v) is 3.37. The zero-order valence-corrected chi connectivity index (χ0v) is 15.1. The molecule has 0 aromatic heterocycles. The van der Waals surface area contributed by atoms with Gasteiger partial charge in [-0.25, -0.2) is 0 Å². The second kappa shape index (κ2) is 6.71. The third kappa shape index (κ3) is 3.44. The molecule has 1 aliphatic rings. The molecule has 1 amide bonds. The first-order chi connectivity index (χ1) is 12.2. The minimum absolute atomic E-state index is 0.154. The number of phenolic OH excluding ortho intramolecular Hbond substituents is 1. The number of hydrogen-bond donors (Lipinski definition) is 2. The van der Waals surface area contributed by atoms with Gasteiger partial charge in [0.25, 0.3) is 5.91 Å². The van der Waals surface area contributed by atoms with E-state index in [4.69, 9.17) is 4.74 Å². The molecule has 138 valence electrons. The first kappa shape index (κ1) is 18.4. The number of nitrogens with one attached hydrogen (secondary N) is 1. The zero-order chi connectivity index (χ0) is 19.1. The van der Waals surface area contributed by atoms with Gasteiger partial charge in [-0.05, 0) is 24.3 Å². The van der Waals surface area contributed by atoms with Crippen molar-refractivity contribution in [2.45, 2.75) is 12.3 Å². The first-order valence-corrected chi connectivity index (χ1v) is 8.30. The molecule has 3 rings (SSSR count). The maximum Gasteiger partial charge on any atom is 0.406 e. The number of phenols is 1. The Morgan fingerprint density at radius 1 is 1.31 bits per heavy atom. The van der Waals surface area contributed by atoms with Gasteiger partial charge in [-0.15, -0.1) is 0 Å². The monoisotopic (exact) mass is 430 g/mol. The molecule has 9 heteroatoms. The molecule has 2 aromatic rings. The van der Waals surface area contributed by atoms with Crippen molar-refractivity contribution < 1.29 is 27.8 Å². The van der Waals surface area contributed by atoms with Gasteiger partial charge >= 0.3 is 6.18 Å². The molecule has 0 saturated heterocycles. The van der Waals surface area contributed by atoms with Crippen LogP contribution in [0.25, 0.3) is 0 Å². The van der Waals surface area contributed by atoms with E-state index in [-0.39, 0.29) is 22.6 Å². The molecule has 0 saturated carbocycles. The van der Waals surface area contributed by atoms with Crippen molar-refractivity contribution in [2.75, 3.05) is 19.0 Å². The Kier molecular flexibility index (Phi) is 4.74. The van der Waals surface area contributed by atoms with Gasteiger partial charge in [0.05, 0.1) is 12.7 Å². The molecule has 0 fully saturated rings. The summed E-state index contributed by atoms with van der Waals surface area (Å²) in [6.07, 6.45) is -5.70. The van der Waals surface area contributed by atoms with Crippen molar-refractivity contribution >= 4 is 27.5 Å². The van der Waals surface area contributed by atoms with Gasteiger partial charge in [0.15, 0.2) is 11.5 Å². The molecule has 1 heterocycles. The Bertz CT molecular complexity index is 858. The van der Waals surface area contributed by atoms with Crippen molar-refractivity contribution in [1.29, 1.82) is 0 Å². The minimum atomic E-state index is -4.58. The summed E-state index contributed by atoms with van der Waals surface area (Å²) in [5.41, 5.74) is 0.848. The van der Waals surface area contributed by atoms with Crippen LogP contribution < -0.4 is 10.1 Å². The van der Waals surface area contributed by atoms with Crippen LogP contribution in [0.15, 0.2) is 40.9 Å². The third-order valence-corrected chi connectivity index (χ3v) is 4.65. The number of anilines is 1. The number of methoxy groups -OCH3 is 1. The van der Waals surface area contributed by atoms with E-state index < -0.39 is 24.8 Å². The average molecular weight is 431 g/mol. The molecule has 0 radical (unpaired) electrons. The number of carbonyl (C=O) groups is 1. The third-order valence-electron chi connectivity index (χ3n) is 3.96. The lowest BCUT2D eigenvalue weighted by molar-refractivity contribution is -0.144. The summed E-state index contributed by atoms with van der Waals surface area (Å²) in [6.45, 7) is -1.43. The van der Waals surface area contributed by atoms with Gasteiger partial charge in [0.1, 0.15) is 12.7 Å². The molecule has 0 spiro atoms. The second-order valence-corrected chi connectivity index (χ2v) is 6.54. The summed E-state index contributed by atoms with van der Waals surface area (Å²) in [4.78, 5) is 13.4. The van der Waals surface area contributed by atoms with Gasteiger partial charge in [-0.2, -0.15) is 13.2 Å². The molecule has 5 nitrogen and oxygen atoms in total. The molecule has 1 aliphatic heterocycles. The summed E-state index contributed by atoms with van der Waals surface area (Å²) in [6, 6.07) is 9.04. The van der Waals surface area contributed by atoms with Crippen molar-refractivity contribution in [1.82, 2.24) is 4.90 Å². The molecule has 1 atom stereocenters. The Hall–Kier alpha value is -2.42. The van der Waals surface area contributed by atoms with Gasteiger partial charge in [-0.3, -0.25) is 4.79 Å². The van der Waals surface area contributed by atoms with Gasteiger partial charge in [0, 0.05) is 15.7 Å². The van der Waals surface area contributed by atoms with Crippen molar-refractivity contribution in [2.24, 2.45) is 0 Å². The number of rotatable bonds is 3. The van der Waals surface area contributed by atoms with Crippen LogP contribution in [0.1, 0.15) is 22.1 Å². The molecular formula is C17H14BrF3N2O3. The van der Waals surface area contributed by atoms with Crippen LogP contribution >= 0.6 is 15.9 Å². The number of benzene rings is 2. The predicted molar refractivity (Wildman–Crippen MR) is 92.3 cm³/mol. The largest absolute Gasteiger partial charge is 0.504 e. The van der Waals surface area contributed by atoms with E-state index in [1.807, 2.05) is 0 Å². The summed E-state index contributed by atoms with van der Waals surface area (Å²) in [5.74, 6) is -0.833. The quantitative estimate of drug-likeness (QED) is 0.762. The van der Waals surface area contributed by atoms with Gasteiger partial charge < -0.3 is 20.1 Å². The van der Waals surface area contributed by atoms with Crippen LogP contribution in [0.2, 0.25) is 0 Å². The second-order valence-electron chi connectivity index (χ2n) is 5.69. The number of hydrogen-bond acceptors (Lipinski definition) is 4. The highest BCUT2D eigenvalue weighted by Crippen LogP contribution is 2.41. The van der Waals surface area contributed by atoms with Crippen LogP contribution in [0.3, 0.4) is 0 Å². The number of alkyl halides is 3. The molecule has 0 aliphatic carbocycles. The van der Waals surface area contributed by atoms with Crippen LogP contribution in [0.5, 0.6) is 11.5 Å². The number of fused-ring (bicyclic) bond motifs is 1. The summed E-state index contributed by atoms with van der Waals surface area (Å²) in [7, 11) is 1.36. The normalized spacial score (nSPS) is 16.9. The highest BCUT2D eigenvalue weighted by Gasteiger charge is 2.41. The number of carbonyl (C=O) groups excluding carboxylic acids is 1. The molecule has 26 heavy (non-hydrogen) atoms. The minimum Gasteiger partial charge on any atom is -0.504 e. The van der Waals surface area contributed by atoms with Crippen molar-refractivity contribution in [3.63, 3.8) is 0 Å². The maximum atomic E-state index is 13.1. The van der Waals surface area contributed by atoms with E-state index in [2.05, 4.69) is 21.2 Å². The molecule has 2 aromatic carbocycles. The van der Waals surface area contributed by atoms with Crippen molar-refractivity contribution in [3.05, 3.63) is 52.0 Å². The van der Waals surface area contributed by atoms with E-state index in [9.17, 15) is 23.1 Å². The van der Waals surface area contributed by atoms with Crippen LogP contribution in [-0.2, 0) is 0 Å². The van der Waals surface area contributed by atoms with E-state index in [0.29, 0.717) is 15.1 Å². The fraction of sp³-hybridized carbons (Fsp3) is 0.235. The van der Waals surface area contributed by atoms with Crippen LogP contribution in [0.4, 0.5) is 18.9 Å². The smallest absolute Gasteiger partial charge is 0.406 e. The number of halogens is 4. The topological polar surface area (TPSA) is 61.8 Å². The Morgan fingerprint density at radius 3 is 2.65 bits per heavy atom. The first-order valence-electron chi connectivity index (χ1n) is 7.51. The van der Waals surface area contributed by atoms with E-state index in [1.165, 1.54) is 25.3 Å². The number of ether oxygens (including phenoxy) is 1. The molecule has 0 unspecified atom stereocenters. The predicted octanol–water partition coefficient (Wildman–Crippen LogP) is 4.29. The van der Waals surface area contributed by atoms with Crippen LogP contribution in [0, 0.1) is 0 Å². The van der Waals surface area contributed by atoms with Gasteiger partial charge in [-0.1, -0.05) is 28.1 Å². The number of amides is 1. The lowest BCUT2D eigenvalue weighted by Gasteiger charge is -2.38. The molecule has 2 N–H and O–H groups in total. The Balaban J connectivity index is 2.11. The average Bonchev–Trinajstić information content (AvgIpc) is 2.58. The van der Waals surface area contributed by atoms with E-state index in [0.717, 1.165) is 0 Å². The number of aromatic hydroxyl groups is 1. The lowest BCUT2D eigenvalue weighted by atomic mass is 10.0. The lowest BCUT2D eigenvalue weighted by Crippen LogP contribution is -2.47. The SMILES string of the molecule is COc1cc(Br)c([C@@H]2Nc3ccccc3C(=O)N2CC(F)(F)F)cc1O. The van der Waals surface area contributed by atoms with Crippen molar-refractivity contribution in [3.8, 4) is 11.5 Å². The number of para-hydroxylation sites is 1. The zero-order valence-electron chi connectivity index (χ0n) is 13.5. The highest BCUT2D eigenvalue weighted by molar-refractivity contribution is 9.10. The summed E-state index contributed by atoms with van der Waals surface area (Å²) >= 11 is 3.27. The fourth-order valence-electron chi connectivity index (χ4n) is 2.83. The standard InChI is InChI=1S/C17H14BrF3N2O3/c1-26-14-7-11(18)10(6-13(14)24)15-22-12-5-3-2-4-9(12)16(25)23(15)8-17(19,20)21/h2-7,15,22,24H,8H2,1H3/t15-/m1/s1. The Morgan fingerprint density at radius 2 is 2.00 bits per heavy atom. The van der Waals surface area contributed by atoms with E-state index in [1.54, 1.807) is 18.2 Å². The van der Waals surface area contributed by atoms with E-state index >= 15 is 0 Å². The molecular weight excluding hydrogens is 417 g/mol. The summed E-state index contributed by atoms with van der Waals surface area (Å²) in [5, 5.41) is 13.0. The number of nitrogens with zero attached hydrogens (tertiary/aromatic N) is 1. The van der Waals surface area contributed by atoms with Gasteiger partial charge in [0.2, 0.25) is 0 Å². The van der Waals surface area contributed by atoms with Crippen LogP contribution in [-0.4, -0.2) is 35.7 Å². The maximum absolute atomic E-state index is 13.1. The highest BCUT2D eigenvalue weighted by atomic mass is 79.9.